The Morgan fingerprint density at radius 3 is 2.62 bits per heavy atom. The Morgan fingerprint density at radius 1 is 1.12 bits per heavy atom. The average Bonchev–Trinajstić information content (AvgIpc) is 3.07. The van der Waals surface area contributed by atoms with Gasteiger partial charge in [-0.15, -0.1) is 0 Å². The van der Waals surface area contributed by atoms with E-state index in [4.69, 9.17) is 0 Å². The summed E-state index contributed by atoms with van der Waals surface area (Å²) in [6.07, 6.45) is 10.5. The number of piperidine rings is 1. The van der Waals surface area contributed by atoms with Gasteiger partial charge in [-0.05, 0) is 31.6 Å². The van der Waals surface area contributed by atoms with Crippen LogP contribution in [0.5, 0.6) is 0 Å². The molecule has 26 heavy (non-hydrogen) atoms. The molecule has 3 rings (SSSR count). The number of carbonyl (C=O) groups is 3. The smallest absolute Gasteiger partial charge is 0.241 e. The number of nitrogens with zero attached hydrogens (tertiary/aromatic N) is 2. The Bertz CT molecular complexity index is 544. The SMILES string of the molecule is CC(=O)NCC(=O)N1CCC2(CCCN(CCC3CCCCC3)C2=O)C1. The van der Waals surface area contributed by atoms with E-state index in [1.807, 2.05) is 0 Å². The maximum atomic E-state index is 13.2. The molecule has 0 radical (unpaired) electrons. The summed E-state index contributed by atoms with van der Waals surface area (Å²) in [5.74, 6) is 0.766. The molecule has 146 valence electrons. The van der Waals surface area contributed by atoms with Gasteiger partial charge < -0.3 is 15.1 Å². The van der Waals surface area contributed by atoms with Crippen molar-refractivity contribution in [2.45, 2.75) is 64.7 Å². The first kappa shape index (κ1) is 19.2. The van der Waals surface area contributed by atoms with Crippen molar-refractivity contribution < 1.29 is 14.4 Å². The largest absolute Gasteiger partial charge is 0.347 e. The predicted molar refractivity (Wildman–Crippen MR) is 99.3 cm³/mol. The van der Waals surface area contributed by atoms with Crippen LogP contribution < -0.4 is 5.32 Å². The predicted octanol–water partition coefficient (Wildman–Crippen LogP) is 1.93. The minimum Gasteiger partial charge on any atom is -0.347 e. The van der Waals surface area contributed by atoms with Crippen LogP contribution in [0.3, 0.4) is 0 Å². The molecule has 3 fully saturated rings. The lowest BCUT2D eigenvalue weighted by atomic mass is 9.78. The van der Waals surface area contributed by atoms with E-state index in [1.54, 1.807) is 4.90 Å². The van der Waals surface area contributed by atoms with Crippen molar-refractivity contribution in [3.63, 3.8) is 0 Å². The molecule has 0 bridgehead atoms. The quantitative estimate of drug-likeness (QED) is 0.811. The van der Waals surface area contributed by atoms with E-state index in [0.29, 0.717) is 13.1 Å². The molecule has 1 atom stereocenters. The summed E-state index contributed by atoms with van der Waals surface area (Å²) in [6.45, 7) is 4.33. The van der Waals surface area contributed by atoms with Crippen LogP contribution in [-0.2, 0) is 14.4 Å². The maximum Gasteiger partial charge on any atom is 0.241 e. The van der Waals surface area contributed by atoms with Gasteiger partial charge in [-0.2, -0.15) is 0 Å². The van der Waals surface area contributed by atoms with E-state index in [0.717, 1.165) is 44.7 Å². The highest BCUT2D eigenvalue weighted by Crippen LogP contribution is 2.40. The zero-order valence-corrected chi connectivity index (χ0v) is 16.1. The number of hydrogen-bond acceptors (Lipinski definition) is 3. The topological polar surface area (TPSA) is 69.7 Å². The van der Waals surface area contributed by atoms with Gasteiger partial charge in [0, 0.05) is 33.1 Å². The van der Waals surface area contributed by atoms with Gasteiger partial charge in [-0.25, -0.2) is 0 Å². The first-order chi connectivity index (χ1) is 12.5. The van der Waals surface area contributed by atoms with Gasteiger partial charge in [0.1, 0.15) is 0 Å². The Balaban J connectivity index is 1.53. The first-order valence-corrected chi connectivity index (χ1v) is 10.3. The van der Waals surface area contributed by atoms with Gasteiger partial charge >= 0.3 is 0 Å². The Hall–Kier alpha value is -1.59. The molecule has 2 aliphatic heterocycles. The summed E-state index contributed by atoms with van der Waals surface area (Å²) >= 11 is 0. The van der Waals surface area contributed by atoms with Crippen molar-refractivity contribution in [2.75, 3.05) is 32.7 Å². The zero-order chi connectivity index (χ0) is 18.6. The van der Waals surface area contributed by atoms with Gasteiger partial charge in [-0.3, -0.25) is 14.4 Å². The van der Waals surface area contributed by atoms with Gasteiger partial charge in [0.25, 0.3) is 0 Å². The lowest BCUT2D eigenvalue weighted by Gasteiger charge is -2.40. The molecule has 1 saturated carbocycles. The molecule has 3 aliphatic rings. The zero-order valence-electron chi connectivity index (χ0n) is 16.1. The third-order valence-electron chi connectivity index (χ3n) is 6.55. The van der Waals surface area contributed by atoms with Crippen molar-refractivity contribution in [3.05, 3.63) is 0 Å². The summed E-state index contributed by atoms with van der Waals surface area (Å²) in [5, 5.41) is 2.56. The maximum absolute atomic E-state index is 13.2. The Kier molecular flexibility index (Phi) is 6.20. The van der Waals surface area contributed by atoms with Gasteiger partial charge in [-0.1, -0.05) is 32.1 Å². The molecule has 2 heterocycles. The van der Waals surface area contributed by atoms with E-state index >= 15 is 0 Å². The molecule has 1 unspecified atom stereocenters. The Morgan fingerprint density at radius 2 is 1.88 bits per heavy atom. The second-order valence-corrected chi connectivity index (χ2v) is 8.44. The molecule has 0 aromatic carbocycles. The number of likely N-dealkylation sites (tertiary alicyclic amines) is 2. The highest BCUT2D eigenvalue weighted by atomic mass is 16.2. The van der Waals surface area contributed by atoms with Gasteiger partial charge in [0.05, 0.1) is 12.0 Å². The summed E-state index contributed by atoms with van der Waals surface area (Å²) in [4.78, 5) is 40.3. The molecule has 0 aromatic rings. The molecule has 2 saturated heterocycles. The van der Waals surface area contributed by atoms with E-state index in [1.165, 1.54) is 39.0 Å². The minimum atomic E-state index is -0.378. The first-order valence-electron chi connectivity index (χ1n) is 10.3. The number of nitrogens with one attached hydrogen (secondary N) is 1. The Labute approximate surface area is 156 Å². The fraction of sp³-hybridized carbons (Fsp3) is 0.850. The lowest BCUT2D eigenvalue weighted by molar-refractivity contribution is -0.146. The van der Waals surface area contributed by atoms with E-state index < -0.39 is 0 Å². The molecule has 0 aromatic heterocycles. The summed E-state index contributed by atoms with van der Waals surface area (Å²) < 4.78 is 0. The third-order valence-corrected chi connectivity index (χ3v) is 6.55. The average molecular weight is 364 g/mol. The van der Waals surface area contributed by atoms with Crippen molar-refractivity contribution in [2.24, 2.45) is 11.3 Å². The van der Waals surface area contributed by atoms with Gasteiger partial charge in [0.2, 0.25) is 17.7 Å². The monoisotopic (exact) mass is 363 g/mol. The molecule has 1 aliphatic carbocycles. The number of hydrogen-bond donors (Lipinski definition) is 1. The van der Waals surface area contributed by atoms with E-state index in [9.17, 15) is 14.4 Å². The summed E-state index contributed by atoms with van der Waals surface area (Å²) in [6, 6.07) is 0. The number of rotatable bonds is 5. The molecular weight excluding hydrogens is 330 g/mol. The highest BCUT2D eigenvalue weighted by molar-refractivity contribution is 5.87. The molecule has 1 spiro atoms. The second kappa shape index (κ2) is 8.40. The molecular formula is C20H33N3O3. The summed E-state index contributed by atoms with van der Waals surface area (Å²) in [7, 11) is 0. The third kappa shape index (κ3) is 4.38. The fourth-order valence-electron chi connectivity index (χ4n) is 4.96. The number of carbonyl (C=O) groups excluding carboxylic acids is 3. The number of amides is 3. The van der Waals surface area contributed by atoms with Gasteiger partial charge in [0.15, 0.2) is 0 Å². The lowest BCUT2D eigenvalue weighted by Crippen LogP contribution is -2.51. The second-order valence-electron chi connectivity index (χ2n) is 8.44. The molecule has 3 amide bonds. The highest BCUT2D eigenvalue weighted by Gasteiger charge is 2.49. The van der Waals surface area contributed by atoms with Crippen LogP contribution in [0.25, 0.3) is 0 Å². The summed E-state index contributed by atoms with van der Waals surface area (Å²) in [5.41, 5.74) is -0.378. The van der Waals surface area contributed by atoms with Crippen LogP contribution in [0.4, 0.5) is 0 Å². The van der Waals surface area contributed by atoms with Crippen LogP contribution in [-0.4, -0.2) is 60.2 Å². The van der Waals surface area contributed by atoms with Crippen molar-refractivity contribution in [1.29, 1.82) is 0 Å². The minimum absolute atomic E-state index is 0.0327. The normalized spacial score (nSPS) is 27.2. The molecule has 6 heteroatoms. The van der Waals surface area contributed by atoms with Crippen LogP contribution >= 0.6 is 0 Å². The van der Waals surface area contributed by atoms with Crippen LogP contribution in [0.15, 0.2) is 0 Å². The van der Waals surface area contributed by atoms with E-state index in [2.05, 4.69) is 10.2 Å². The fourth-order valence-corrected chi connectivity index (χ4v) is 4.96. The van der Waals surface area contributed by atoms with Crippen molar-refractivity contribution >= 4 is 17.7 Å². The van der Waals surface area contributed by atoms with Crippen LogP contribution in [0.2, 0.25) is 0 Å². The van der Waals surface area contributed by atoms with Crippen LogP contribution in [0, 0.1) is 11.3 Å². The van der Waals surface area contributed by atoms with E-state index in [-0.39, 0.29) is 29.7 Å². The standard InChI is InChI=1S/C20H33N3O3/c1-16(24)21-14-18(25)23-13-10-20(15-23)9-5-11-22(19(20)26)12-8-17-6-3-2-4-7-17/h17H,2-15H2,1H3,(H,21,24). The van der Waals surface area contributed by atoms with Crippen LogP contribution in [0.1, 0.15) is 64.7 Å². The molecule has 6 nitrogen and oxygen atoms in total. The van der Waals surface area contributed by atoms with Crippen molar-refractivity contribution in [1.82, 2.24) is 15.1 Å². The molecule has 1 N–H and O–H groups in total. The van der Waals surface area contributed by atoms with Crippen molar-refractivity contribution in [3.8, 4) is 0 Å².